The molecule has 0 saturated heterocycles. The van der Waals surface area contributed by atoms with Crippen molar-refractivity contribution in [2.75, 3.05) is 0 Å². The van der Waals surface area contributed by atoms with Gasteiger partial charge >= 0.3 is 11.8 Å². The second-order valence-electron chi connectivity index (χ2n) is 2.82. The normalized spacial score (nSPS) is 8.87. The monoisotopic (exact) mass is 229 g/mol. The van der Waals surface area contributed by atoms with Crippen LogP contribution in [0.5, 0.6) is 0 Å². The van der Waals surface area contributed by atoms with Gasteiger partial charge in [-0.3, -0.25) is 14.6 Å². The lowest BCUT2D eigenvalue weighted by Gasteiger charge is -2.02. The lowest BCUT2D eigenvalue weighted by Crippen LogP contribution is -2.35. The molecule has 0 aliphatic carbocycles. The number of aryl methyl sites for hydroxylation is 1. The minimum Gasteiger partial charge on any atom is -0.361 e. The summed E-state index contributed by atoms with van der Waals surface area (Å²) in [4.78, 5) is 25.3. The van der Waals surface area contributed by atoms with Gasteiger partial charge in [-0.2, -0.15) is 0 Å². The molecule has 82 valence electrons. The van der Waals surface area contributed by atoms with Crippen molar-refractivity contribution in [3.63, 3.8) is 0 Å². The van der Waals surface area contributed by atoms with Crippen molar-refractivity contribution in [3.8, 4) is 0 Å². The molecule has 0 aliphatic heterocycles. The molecule has 6 heteroatoms. The minimum absolute atomic E-state index is 0. The maximum atomic E-state index is 10.8. The number of pyridine rings is 1. The average Bonchev–Trinajstić information content (AvgIpc) is 2.14. The zero-order valence-corrected chi connectivity index (χ0v) is 9.00. The third-order valence-electron chi connectivity index (χ3n) is 1.60. The molecule has 15 heavy (non-hydrogen) atoms. The van der Waals surface area contributed by atoms with Gasteiger partial charge in [0.1, 0.15) is 0 Å². The number of amides is 2. The van der Waals surface area contributed by atoms with E-state index in [0.717, 1.165) is 5.69 Å². The van der Waals surface area contributed by atoms with Gasteiger partial charge in [0.25, 0.3) is 0 Å². The van der Waals surface area contributed by atoms with Crippen LogP contribution in [0, 0.1) is 6.92 Å². The van der Waals surface area contributed by atoms with E-state index in [1.54, 1.807) is 6.07 Å². The summed E-state index contributed by atoms with van der Waals surface area (Å²) in [5.74, 6) is -1.79. The van der Waals surface area contributed by atoms with Crippen LogP contribution >= 0.6 is 12.4 Å². The second-order valence-corrected chi connectivity index (χ2v) is 2.82. The Labute approximate surface area is 93.5 Å². The number of carbonyl (C=O) groups excluding carboxylic acids is 2. The van der Waals surface area contributed by atoms with Crippen molar-refractivity contribution >= 4 is 24.2 Å². The van der Waals surface area contributed by atoms with Crippen LogP contribution in [-0.2, 0) is 16.1 Å². The maximum Gasteiger partial charge on any atom is 0.309 e. The Morgan fingerprint density at radius 3 is 2.67 bits per heavy atom. The highest BCUT2D eigenvalue weighted by Gasteiger charge is 2.07. The van der Waals surface area contributed by atoms with E-state index in [2.05, 4.69) is 10.3 Å². The van der Waals surface area contributed by atoms with E-state index in [9.17, 15) is 9.59 Å². The number of nitrogens with zero attached hydrogens (tertiary/aromatic N) is 1. The molecule has 0 bridgehead atoms. The van der Waals surface area contributed by atoms with Gasteiger partial charge < -0.3 is 11.1 Å². The summed E-state index contributed by atoms with van der Waals surface area (Å²) >= 11 is 0. The molecular formula is C9H12ClN3O2. The van der Waals surface area contributed by atoms with Gasteiger partial charge in [-0.25, -0.2) is 0 Å². The molecule has 3 N–H and O–H groups in total. The molecule has 0 aromatic carbocycles. The van der Waals surface area contributed by atoms with Crippen LogP contribution in [0.25, 0.3) is 0 Å². The van der Waals surface area contributed by atoms with Gasteiger partial charge in [-0.05, 0) is 19.1 Å². The Hall–Kier alpha value is -1.62. The van der Waals surface area contributed by atoms with E-state index in [1.165, 1.54) is 0 Å². The highest BCUT2D eigenvalue weighted by atomic mass is 35.5. The molecule has 1 aromatic rings. The Balaban J connectivity index is 0.00000196. The predicted octanol–water partition coefficient (Wildman–Crippen LogP) is -0.0867. The summed E-state index contributed by atoms with van der Waals surface area (Å²) in [6, 6.07) is 5.43. The largest absolute Gasteiger partial charge is 0.361 e. The molecule has 0 saturated carbocycles. The molecule has 1 aromatic heterocycles. The predicted molar refractivity (Wildman–Crippen MR) is 57.3 cm³/mol. The highest BCUT2D eigenvalue weighted by Crippen LogP contribution is 1.96. The highest BCUT2D eigenvalue weighted by molar-refractivity contribution is 6.34. The Morgan fingerprint density at radius 1 is 1.47 bits per heavy atom. The summed E-state index contributed by atoms with van der Waals surface area (Å²) in [6.45, 7) is 2.06. The SMILES string of the molecule is Cc1cccc(CNC(=O)C(N)=O)n1.Cl. The van der Waals surface area contributed by atoms with Gasteiger partial charge in [0.05, 0.1) is 12.2 Å². The summed E-state index contributed by atoms with van der Waals surface area (Å²) in [5, 5.41) is 2.35. The van der Waals surface area contributed by atoms with Gasteiger partial charge in [0.15, 0.2) is 0 Å². The van der Waals surface area contributed by atoms with E-state index in [4.69, 9.17) is 5.73 Å². The Bertz CT molecular complexity index is 368. The number of nitrogens with two attached hydrogens (primary N) is 1. The topological polar surface area (TPSA) is 85.1 Å². The maximum absolute atomic E-state index is 10.8. The first-order valence-electron chi connectivity index (χ1n) is 4.10. The van der Waals surface area contributed by atoms with E-state index in [-0.39, 0.29) is 19.0 Å². The van der Waals surface area contributed by atoms with Crippen molar-refractivity contribution in [1.82, 2.24) is 10.3 Å². The standard InChI is InChI=1S/C9H11N3O2.ClH/c1-6-3-2-4-7(12-6)5-11-9(14)8(10)13;/h2-4H,5H2,1H3,(H2,10,13)(H,11,14);1H. The van der Waals surface area contributed by atoms with Gasteiger partial charge in [-0.1, -0.05) is 6.07 Å². The van der Waals surface area contributed by atoms with Crippen molar-refractivity contribution in [1.29, 1.82) is 0 Å². The van der Waals surface area contributed by atoms with E-state index >= 15 is 0 Å². The molecule has 1 rings (SSSR count). The van der Waals surface area contributed by atoms with Crippen LogP contribution in [0.4, 0.5) is 0 Å². The molecule has 5 nitrogen and oxygen atoms in total. The number of halogens is 1. The first-order chi connectivity index (χ1) is 6.59. The van der Waals surface area contributed by atoms with E-state index in [0.29, 0.717) is 5.69 Å². The molecule has 0 unspecified atom stereocenters. The van der Waals surface area contributed by atoms with Crippen LogP contribution in [0.2, 0.25) is 0 Å². The fraction of sp³-hybridized carbons (Fsp3) is 0.222. The average molecular weight is 230 g/mol. The van der Waals surface area contributed by atoms with E-state index in [1.807, 2.05) is 19.1 Å². The summed E-state index contributed by atoms with van der Waals surface area (Å²) in [5.41, 5.74) is 6.31. The van der Waals surface area contributed by atoms with Crippen molar-refractivity contribution in [2.45, 2.75) is 13.5 Å². The molecule has 0 fully saturated rings. The lowest BCUT2D eigenvalue weighted by atomic mass is 10.3. The summed E-state index contributed by atoms with van der Waals surface area (Å²) in [6.07, 6.45) is 0. The van der Waals surface area contributed by atoms with Crippen LogP contribution < -0.4 is 11.1 Å². The number of carbonyl (C=O) groups is 2. The fourth-order valence-electron chi connectivity index (χ4n) is 0.956. The quantitative estimate of drug-likeness (QED) is 0.696. The van der Waals surface area contributed by atoms with Crippen molar-refractivity contribution in [3.05, 3.63) is 29.6 Å². The fourth-order valence-corrected chi connectivity index (χ4v) is 0.956. The van der Waals surface area contributed by atoms with Crippen LogP contribution in [-0.4, -0.2) is 16.8 Å². The van der Waals surface area contributed by atoms with Crippen LogP contribution in [0.3, 0.4) is 0 Å². The zero-order valence-electron chi connectivity index (χ0n) is 8.19. The van der Waals surface area contributed by atoms with Crippen LogP contribution in [0.1, 0.15) is 11.4 Å². The molecular weight excluding hydrogens is 218 g/mol. The number of nitrogens with one attached hydrogen (secondary N) is 1. The molecule has 0 radical (unpaired) electrons. The van der Waals surface area contributed by atoms with Crippen molar-refractivity contribution in [2.24, 2.45) is 5.73 Å². The third kappa shape index (κ3) is 4.42. The van der Waals surface area contributed by atoms with Crippen molar-refractivity contribution < 1.29 is 9.59 Å². The first-order valence-corrected chi connectivity index (χ1v) is 4.10. The van der Waals surface area contributed by atoms with Gasteiger partial charge in [0.2, 0.25) is 0 Å². The number of primary amides is 1. The minimum atomic E-state index is -0.988. The molecule has 2 amide bonds. The third-order valence-corrected chi connectivity index (χ3v) is 1.60. The second kappa shape index (κ2) is 5.98. The summed E-state index contributed by atoms with van der Waals surface area (Å²) < 4.78 is 0. The number of hydrogen-bond donors (Lipinski definition) is 2. The van der Waals surface area contributed by atoms with Crippen LogP contribution in [0.15, 0.2) is 18.2 Å². The first kappa shape index (κ1) is 13.4. The van der Waals surface area contributed by atoms with Gasteiger partial charge in [-0.15, -0.1) is 12.4 Å². The summed E-state index contributed by atoms with van der Waals surface area (Å²) in [7, 11) is 0. The smallest absolute Gasteiger partial charge is 0.309 e. The molecule has 0 atom stereocenters. The molecule has 0 aliphatic rings. The zero-order chi connectivity index (χ0) is 10.6. The number of aromatic nitrogens is 1. The molecule has 1 heterocycles. The number of hydrogen-bond acceptors (Lipinski definition) is 3. The number of rotatable bonds is 2. The molecule has 0 spiro atoms. The van der Waals surface area contributed by atoms with E-state index < -0.39 is 11.8 Å². The lowest BCUT2D eigenvalue weighted by molar-refractivity contribution is -0.137. The Morgan fingerprint density at radius 2 is 2.13 bits per heavy atom. The Kier molecular flexibility index (Phi) is 5.33. The van der Waals surface area contributed by atoms with Gasteiger partial charge in [0, 0.05) is 5.69 Å².